The van der Waals surface area contributed by atoms with Crippen molar-refractivity contribution < 1.29 is 28.6 Å². The predicted molar refractivity (Wildman–Crippen MR) is 306 cm³/mol. The quantitative estimate of drug-likeness (QED) is 0.0262. The molecule has 6 nitrogen and oxygen atoms in total. The molecule has 6 heteroatoms. The normalized spacial score (nSPS) is 13.1. The molecule has 0 radical (unpaired) electrons. The van der Waals surface area contributed by atoms with Crippen LogP contribution in [0.15, 0.2) is 134 Å². The summed E-state index contributed by atoms with van der Waals surface area (Å²) in [4.78, 5) is 38.2. The van der Waals surface area contributed by atoms with Crippen LogP contribution in [-0.2, 0) is 28.6 Å². The van der Waals surface area contributed by atoms with E-state index in [0.29, 0.717) is 19.3 Å². The summed E-state index contributed by atoms with van der Waals surface area (Å²) in [7, 11) is 0. The van der Waals surface area contributed by atoms with Gasteiger partial charge in [0.1, 0.15) is 13.2 Å². The molecule has 0 saturated carbocycles. The summed E-state index contributed by atoms with van der Waals surface area (Å²) in [5, 5.41) is 0. The SMILES string of the molecule is CC/C=C\C/C=C\C/C=C\C/C=C\C/C=C\C/C=C\CCCCCCC(=O)OCC(COC(=O)CCCCCCC/C=C\C/C=C\CCC)OC(=O)CCCCCCCCC/C=C\C/C=C\C/C=C\CC. The van der Waals surface area contributed by atoms with Crippen molar-refractivity contribution in [3.8, 4) is 0 Å². The van der Waals surface area contributed by atoms with Crippen molar-refractivity contribution in [2.24, 2.45) is 0 Å². The number of esters is 3. The van der Waals surface area contributed by atoms with E-state index < -0.39 is 6.10 Å². The third-order valence-corrected chi connectivity index (χ3v) is 11.6. The third-order valence-electron chi connectivity index (χ3n) is 11.6. The number of allylic oxidation sites excluding steroid dienone is 22. The molecule has 0 aromatic rings. The molecule has 1 unspecified atom stereocenters. The summed E-state index contributed by atoms with van der Waals surface area (Å²) in [5.41, 5.74) is 0. The van der Waals surface area contributed by atoms with Crippen LogP contribution in [0.1, 0.15) is 239 Å². The fraction of sp³-hybridized carbons (Fsp3) is 0.615. The van der Waals surface area contributed by atoms with E-state index in [9.17, 15) is 14.4 Å². The van der Waals surface area contributed by atoms with Crippen LogP contribution in [0.4, 0.5) is 0 Å². The number of hydrogen-bond acceptors (Lipinski definition) is 6. The van der Waals surface area contributed by atoms with Crippen molar-refractivity contribution in [1.29, 1.82) is 0 Å². The van der Waals surface area contributed by atoms with Crippen molar-refractivity contribution in [3.05, 3.63) is 134 Å². The molecule has 0 saturated heterocycles. The molecule has 400 valence electrons. The smallest absolute Gasteiger partial charge is 0.306 e. The van der Waals surface area contributed by atoms with E-state index >= 15 is 0 Å². The highest BCUT2D eigenvalue weighted by Gasteiger charge is 2.19. The van der Waals surface area contributed by atoms with Crippen LogP contribution in [0.3, 0.4) is 0 Å². The molecule has 0 N–H and O–H groups in total. The minimum atomic E-state index is -0.806. The van der Waals surface area contributed by atoms with E-state index in [-0.39, 0.29) is 31.1 Å². The number of rotatable bonds is 50. The minimum absolute atomic E-state index is 0.102. The van der Waals surface area contributed by atoms with E-state index in [2.05, 4.69) is 154 Å². The first-order chi connectivity index (χ1) is 35.0. The summed E-state index contributed by atoms with van der Waals surface area (Å²) in [6.45, 7) is 6.30. The molecule has 0 heterocycles. The molecule has 71 heavy (non-hydrogen) atoms. The minimum Gasteiger partial charge on any atom is -0.462 e. The van der Waals surface area contributed by atoms with E-state index in [1.54, 1.807) is 0 Å². The van der Waals surface area contributed by atoms with E-state index in [0.717, 1.165) is 167 Å². The van der Waals surface area contributed by atoms with Crippen molar-refractivity contribution in [2.45, 2.75) is 245 Å². The van der Waals surface area contributed by atoms with Crippen molar-refractivity contribution >= 4 is 17.9 Å². The standard InChI is InChI=1S/C65H104O6/c1-4-7-10-13-16-19-22-25-27-29-30-31-32-33-34-36-37-40-43-46-49-52-55-58-64(67)70-61-62(60-69-63(66)57-54-51-48-45-42-39-24-21-18-15-12-9-6-3)71-65(68)59-56-53-50-47-44-41-38-35-28-26-23-20-17-14-11-8-5-2/h7-8,10-12,15-17,19-21,24-28,30-31,33-34,37,40,62H,4-6,9,13-14,18,22-23,29,32,35-36,38-39,41-61H2,1-3H3/b10-7-,11-8-,15-12-,19-16-,20-17-,24-21-,27-25-,28-26-,31-30-,34-33-,40-37-. The zero-order valence-electron chi connectivity index (χ0n) is 45.7. The Balaban J connectivity index is 4.46. The van der Waals surface area contributed by atoms with Crippen LogP contribution in [0, 0.1) is 0 Å². The number of hydrogen-bond donors (Lipinski definition) is 0. The van der Waals surface area contributed by atoms with Gasteiger partial charge in [-0.1, -0.05) is 225 Å². The molecule has 0 fully saturated rings. The Morgan fingerprint density at radius 3 is 0.859 bits per heavy atom. The van der Waals surface area contributed by atoms with Gasteiger partial charge in [-0.2, -0.15) is 0 Å². The molecule has 0 aromatic carbocycles. The van der Waals surface area contributed by atoms with Gasteiger partial charge in [0.2, 0.25) is 0 Å². The monoisotopic (exact) mass is 981 g/mol. The first-order valence-electron chi connectivity index (χ1n) is 28.7. The molecule has 0 aromatic heterocycles. The Hall–Kier alpha value is -4.45. The fourth-order valence-electron chi connectivity index (χ4n) is 7.38. The van der Waals surface area contributed by atoms with Crippen LogP contribution >= 0.6 is 0 Å². The van der Waals surface area contributed by atoms with Gasteiger partial charge in [0.25, 0.3) is 0 Å². The largest absolute Gasteiger partial charge is 0.462 e. The topological polar surface area (TPSA) is 78.9 Å². The van der Waals surface area contributed by atoms with Crippen LogP contribution < -0.4 is 0 Å². The summed E-state index contributed by atoms with van der Waals surface area (Å²) in [5.74, 6) is -0.955. The number of carbonyl (C=O) groups is 3. The molecule has 1 atom stereocenters. The molecule has 0 bridgehead atoms. The molecule has 0 spiro atoms. The molecular formula is C65H104O6. The lowest BCUT2D eigenvalue weighted by atomic mass is 10.1. The Bertz CT molecular complexity index is 1550. The molecule has 0 aliphatic heterocycles. The number of carbonyl (C=O) groups excluding carboxylic acids is 3. The second kappa shape index (κ2) is 58.1. The van der Waals surface area contributed by atoms with Crippen molar-refractivity contribution in [3.63, 3.8) is 0 Å². The molecule has 0 rings (SSSR count). The average Bonchev–Trinajstić information content (AvgIpc) is 3.37. The highest BCUT2D eigenvalue weighted by molar-refractivity contribution is 5.71. The molecule has 0 amide bonds. The zero-order chi connectivity index (χ0) is 51.4. The Morgan fingerprint density at radius 2 is 0.549 bits per heavy atom. The van der Waals surface area contributed by atoms with E-state index in [1.165, 1.54) is 32.1 Å². The number of unbranched alkanes of at least 4 members (excludes halogenated alkanes) is 17. The lowest BCUT2D eigenvalue weighted by Gasteiger charge is -2.18. The molecule has 0 aliphatic carbocycles. The molecule has 0 aliphatic rings. The Morgan fingerprint density at radius 1 is 0.296 bits per heavy atom. The Kier molecular flexibility index (Phi) is 54.5. The van der Waals surface area contributed by atoms with Gasteiger partial charge in [-0.25, -0.2) is 0 Å². The highest BCUT2D eigenvalue weighted by Crippen LogP contribution is 2.14. The van der Waals surface area contributed by atoms with Crippen molar-refractivity contribution in [1.82, 2.24) is 0 Å². The van der Waals surface area contributed by atoms with Crippen LogP contribution in [0.2, 0.25) is 0 Å². The van der Waals surface area contributed by atoms with Gasteiger partial charge in [-0.05, 0) is 128 Å². The maximum absolute atomic E-state index is 12.9. The first-order valence-corrected chi connectivity index (χ1v) is 28.7. The molecular weight excluding hydrogens is 877 g/mol. The van der Waals surface area contributed by atoms with Gasteiger partial charge < -0.3 is 14.2 Å². The summed E-state index contributed by atoms with van der Waals surface area (Å²) in [6, 6.07) is 0. The predicted octanol–water partition coefficient (Wildman–Crippen LogP) is 19.4. The zero-order valence-corrected chi connectivity index (χ0v) is 45.7. The van der Waals surface area contributed by atoms with Gasteiger partial charge >= 0.3 is 17.9 Å². The van der Waals surface area contributed by atoms with E-state index in [4.69, 9.17) is 14.2 Å². The van der Waals surface area contributed by atoms with Gasteiger partial charge in [-0.3, -0.25) is 14.4 Å². The summed E-state index contributed by atoms with van der Waals surface area (Å²) < 4.78 is 16.8. The van der Waals surface area contributed by atoms with Crippen LogP contribution in [0.5, 0.6) is 0 Å². The lowest BCUT2D eigenvalue weighted by molar-refractivity contribution is -0.167. The maximum atomic E-state index is 12.9. The summed E-state index contributed by atoms with van der Waals surface area (Å²) in [6.07, 6.45) is 81.5. The van der Waals surface area contributed by atoms with Gasteiger partial charge in [0.05, 0.1) is 0 Å². The van der Waals surface area contributed by atoms with Gasteiger partial charge in [0.15, 0.2) is 6.10 Å². The fourth-order valence-corrected chi connectivity index (χ4v) is 7.38. The summed E-state index contributed by atoms with van der Waals surface area (Å²) >= 11 is 0. The average molecular weight is 982 g/mol. The van der Waals surface area contributed by atoms with Crippen LogP contribution in [0.25, 0.3) is 0 Å². The second-order valence-corrected chi connectivity index (χ2v) is 18.4. The van der Waals surface area contributed by atoms with E-state index in [1.807, 2.05) is 0 Å². The maximum Gasteiger partial charge on any atom is 0.306 e. The second-order valence-electron chi connectivity index (χ2n) is 18.4. The van der Waals surface area contributed by atoms with Gasteiger partial charge in [0, 0.05) is 19.3 Å². The van der Waals surface area contributed by atoms with Crippen molar-refractivity contribution in [2.75, 3.05) is 13.2 Å². The highest BCUT2D eigenvalue weighted by atomic mass is 16.6. The number of ether oxygens (including phenoxy) is 3. The first kappa shape index (κ1) is 66.6. The van der Waals surface area contributed by atoms with Gasteiger partial charge in [-0.15, -0.1) is 0 Å². The lowest BCUT2D eigenvalue weighted by Crippen LogP contribution is -2.30. The Labute approximate surface area is 436 Å². The van der Waals surface area contributed by atoms with Crippen LogP contribution in [-0.4, -0.2) is 37.2 Å². The third kappa shape index (κ3) is 56.3.